The van der Waals surface area contributed by atoms with Crippen molar-refractivity contribution in [2.75, 3.05) is 26.2 Å². The highest BCUT2D eigenvalue weighted by molar-refractivity contribution is 5.66. The maximum absolute atomic E-state index is 10.4. The van der Waals surface area contributed by atoms with Gasteiger partial charge in [0, 0.05) is 12.5 Å². The highest BCUT2D eigenvalue weighted by atomic mass is 16.4. The van der Waals surface area contributed by atoms with Crippen molar-refractivity contribution in [2.45, 2.75) is 57.9 Å². The smallest absolute Gasteiger partial charge is 0.303 e. The van der Waals surface area contributed by atoms with E-state index in [1.165, 1.54) is 25.8 Å². The molecular weight excluding hydrogens is 228 g/mol. The van der Waals surface area contributed by atoms with E-state index in [4.69, 9.17) is 5.11 Å². The SMILES string of the molecule is CCCN(CCCCCC(=O)O)C1CCNCC1. The number of hydrogen-bond acceptors (Lipinski definition) is 3. The Hall–Kier alpha value is -0.610. The Morgan fingerprint density at radius 1 is 1.22 bits per heavy atom. The van der Waals surface area contributed by atoms with Crippen LogP contribution in [-0.4, -0.2) is 48.2 Å². The number of carboxylic acid groups (broad SMARTS) is 1. The molecule has 1 aliphatic heterocycles. The summed E-state index contributed by atoms with van der Waals surface area (Å²) < 4.78 is 0. The fraction of sp³-hybridized carbons (Fsp3) is 0.929. The van der Waals surface area contributed by atoms with Crippen molar-refractivity contribution in [3.8, 4) is 0 Å². The summed E-state index contributed by atoms with van der Waals surface area (Å²) in [5.41, 5.74) is 0. The summed E-state index contributed by atoms with van der Waals surface area (Å²) in [5, 5.41) is 12.0. The van der Waals surface area contributed by atoms with E-state index in [2.05, 4.69) is 17.1 Å². The van der Waals surface area contributed by atoms with E-state index < -0.39 is 5.97 Å². The van der Waals surface area contributed by atoms with Gasteiger partial charge in [-0.2, -0.15) is 0 Å². The first kappa shape index (κ1) is 15.4. The molecule has 0 aliphatic carbocycles. The molecule has 0 radical (unpaired) electrons. The van der Waals surface area contributed by atoms with Gasteiger partial charge in [0.25, 0.3) is 0 Å². The maximum atomic E-state index is 10.4. The van der Waals surface area contributed by atoms with Crippen molar-refractivity contribution in [3.05, 3.63) is 0 Å². The van der Waals surface area contributed by atoms with E-state index in [1.54, 1.807) is 0 Å². The second-order valence-corrected chi connectivity index (χ2v) is 5.22. The number of hydrogen-bond donors (Lipinski definition) is 2. The molecule has 0 atom stereocenters. The van der Waals surface area contributed by atoms with Gasteiger partial charge >= 0.3 is 5.97 Å². The van der Waals surface area contributed by atoms with Gasteiger partial charge in [0.2, 0.25) is 0 Å². The van der Waals surface area contributed by atoms with Gasteiger partial charge in [-0.1, -0.05) is 13.3 Å². The van der Waals surface area contributed by atoms with E-state index in [1.807, 2.05) is 0 Å². The summed E-state index contributed by atoms with van der Waals surface area (Å²) in [6, 6.07) is 0.741. The number of rotatable bonds is 9. The standard InChI is InChI=1S/C14H28N2O2/c1-2-11-16(13-7-9-15-10-8-13)12-5-3-4-6-14(17)18/h13,15H,2-12H2,1H3,(H,17,18). The second kappa shape index (κ2) is 9.34. The first-order valence-electron chi connectivity index (χ1n) is 7.40. The molecule has 4 heteroatoms. The third-order valence-corrected chi connectivity index (χ3v) is 3.67. The lowest BCUT2D eigenvalue weighted by atomic mass is 10.0. The van der Waals surface area contributed by atoms with Crippen LogP contribution in [0.15, 0.2) is 0 Å². The first-order chi connectivity index (χ1) is 8.74. The molecule has 1 heterocycles. The predicted octanol–water partition coefficient (Wildman–Crippen LogP) is 2.10. The van der Waals surface area contributed by atoms with Gasteiger partial charge in [0.15, 0.2) is 0 Å². The van der Waals surface area contributed by atoms with Crippen LogP contribution in [-0.2, 0) is 4.79 Å². The van der Waals surface area contributed by atoms with Gasteiger partial charge in [-0.3, -0.25) is 4.79 Å². The lowest BCUT2D eigenvalue weighted by Crippen LogP contribution is -2.43. The van der Waals surface area contributed by atoms with Crippen LogP contribution >= 0.6 is 0 Å². The molecule has 0 bridgehead atoms. The number of nitrogens with one attached hydrogen (secondary N) is 1. The maximum Gasteiger partial charge on any atom is 0.303 e. The molecule has 0 aromatic rings. The molecule has 1 fully saturated rings. The second-order valence-electron chi connectivity index (χ2n) is 5.22. The van der Waals surface area contributed by atoms with E-state index in [-0.39, 0.29) is 0 Å². The summed E-state index contributed by atoms with van der Waals surface area (Å²) in [4.78, 5) is 13.0. The molecule has 0 spiro atoms. The molecule has 2 N–H and O–H groups in total. The fourth-order valence-corrected chi connectivity index (χ4v) is 2.70. The molecule has 1 rings (SSSR count). The molecule has 18 heavy (non-hydrogen) atoms. The summed E-state index contributed by atoms with van der Waals surface area (Å²) in [7, 11) is 0. The van der Waals surface area contributed by atoms with Gasteiger partial charge in [-0.05, 0) is 58.3 Å². The number of carboxylic acids is 1. The minimum absolute atomic E-state index is 0.321. The monoisotopic (exact) mass is 256 g/mol. The van der Waals surface area contributed by atoms with Crippen LogP contribution in [0.3, 0.4) is 0 Å². The molecule has 0 saturated carbocycles. The van der Waals surface area contributed by atoms with Crippen LogP contribution < -0.4 is 5.32 Å². The Labute approximate surface area is 111 Å². The quantitative estimate of drug-likeness (QED) is 0.620. The van der Waals surface area contributed by atoms with Crippen molar-refractivity contribution in [3.63, 3.8) is 0 Å². The summed E-state index contributed by atoms with van der Waals surface area (Å²) >= 11 is 0. The summed E-state index contributed by atoms with van der Waals surface area (Å²) in [5.74, 6) is -0.668. The van der Waals surface area contributed by atoms with Crippen LogP contribution in [0.1, 0.15) is 51.9 Å². The topological polar surface area (TPSA) is 52.6 Å². The van der Waals surface area contributed by atoms with Gasteiger partial charge in [-0.25, -0.2) is 0 Å². The highest BCUT2D eigenvalue weighted by Gasteiger charge is 2.19. The third-order valence-electron chi connectivity index (χ3n) is 3.67. The number of nitrogens with zero attached hydrogens (tertiary/aromatic N) is 1. The van der Waals surface area contributed by atoms with Crippen molar-refractivity contribution in [1.29, 1.82) is 0 Å². The van der Waals surface area contributed by atoms with Crippen LogP contribution in [0.5, 0.6) is 0 Å². The molecule has 1 saturated heterocycles. The van der Waals surface area contributed by atoms with Crippen LogP contribution in [0.2, 0.25) is 0 Å². The Kier molecular flexibility index (Phi) is 8.01. The highest BCUT2D eigenvalue weighted by Crippen LogP contribution is 2.14. The molecule has 0 aromatic heterocycles. The minimum Gasteiger partial charge on any atom is -0.481 e. The summed E-state index contributed by atoms with van der Waals surface area (Å²) in [6.45, 7) is 6.84. The first-order valence-corrected chi connectivity index (χ1v) is 7.40. The zero-order valence-electron chi connectivity index (χ0n) is 11.7. The Morgan fingerprint density at radius 2 is 1.94 bits per heavy atom. The molecule has 1 aliphatic rings. The average Bonchev–Trinajstić information content (AvgIpc) is 2.38. The summed E-state index contributed by atoms with van der Waals surface area (Å²) in [6.07, 6.45) is 7.04. The normalized spacial score (nSPS) is 17.2. The molecule has 0 amide bonds. The van der Waals surface area contributed by atoms with Crippen molar-refractivity contribution >= 4 is 5.97 Å². The largest absolute Gasteiger partial charge is 0.481 e. The Morgan fingerprint density at radius 3 is 2.56 bits per heavy atom. The lowest BCUT2D eigenvalue weighted by Gasteiger charge is -2.34. The van der Waals surface area contributed by atoms with Gasteiger partial charge in [0.1, 0.15) is 0 Å². The minimum atomic E-state index is -0.668. The zero-order chi connectivity index (χ0) is 13.2. The molecule has 0 aromatic carbocycles. The van der Waals surface area contributed by atoms with Crippen LogP contribution in [0.25, 0.3) is 0 Å². The van der Waals surface area contributed by atoms with E-state index in [9.17, 15) is 4.79 Å². The molecule has 4 nitrogen and oxygen atoms in total. The predicted molar refractivity (Wildman–Crippen MR) is 73.9 cm³/mol. The van der Waals surface area contributed by atoms with Crippen molar-refractivity contribution in [1.82, 2.24) is 10.2 Å². The van der Waals surface area contributed by atoms with Crippen LogP contribution in [0.4, 0.5) is 0 Å². The van der Waals surface area contributed by atoms with Crippen molar-refractivity contribution in [2.24, 2.45) is 0 Å². The Bertz CT molecular complexity index is 228. The van der Waals surface area contributed by atoms with E-state index in [0.717, 1.165) is 44.9 Å². The number of aliphatic carboxylic acids is 1. The number of carbonyl (C=O) groups is 1. The van der Waals surface area contributed by atoms with Gasteiger partial charge in [0.05, 0.1) is 0 Å². The van der Waals surface area contributed by atoms with Gasteiger partial charge < -0.3 is 15.3 Å². The molecule has 0 unspecified atom stereocenters. The lowest BCUT2D eigenvalue weighted by molar-refractivity contribution is -0.137. The molecular formula is C14H28N2O2. The van der Waals surface area contributed by atoms with E-state index in [0.29, 0.717) is 6.42 Å². The molecule has 106 valence electrons. The zero-order valence-corrected chi connectivity index (χ0v) is 11.7. The number of unbranched alkanes of at least 4 members (excludes halogenated alkanes) is 2. The fourth-order valence-electron chi connectivity index (χ4n) is 2.70. The van der Waals surface area contributed by atoms with Crippen molar-refractivity contribution < 1.29 is 9.90 Å². The van der Waals surface area contributed by atoms with Crippen LogP contribution in [0, 0.1) is 0 Å². The number of piperidine rings is 1. The third kappa shape index (κ3) is 6.36. The Balaban J connectivity index is 2.18. The van der Waals surface area contributed by atoms with E-state index >= 15 is 0 Å². The van der Waals surface area contributed by atoms with Gasteiger partial charge in [-0.15, -0.1) is 0 Å². The average molecular weight is 256 g/mol.